The number of hydrogen-bond donors (Lipinski definition) is 2. The third-order valence-electron chi connectivity index (χ3n) is 3.28. The SMILES string of the molecule is CCOC(=O)C(CCCCO)(C(=O)O)c1ccccc1F. The van der Waals surface area contributed by atoms with Crippen molar-refractivity contribution in [3.05, 3.63) is 35.6 Å². The van der Waals surface area contributed by atoms with Crippen LogP contribution in [0.5, 0.6) is 0 Å². The molecule has 116 valence electrons. The van der Waals surface area contributed by atoms with E-state index in [9.17, 15) is 19.1 Å². The molecule has 1 aromatic carbocycles. The molecule has 5 nitrogen and oxygen atoms in total. The molecule has 0 amide bonds. The Morgan fingerprint density at radius 2 is 1.95 bits per heavy atom. The first-order chi connectivity index (χ1) is 10.0. The lowest BCUT2D eigenvalue weighted by Gasteiger charge is -2.28. The van der Waals surface area contributed by atoms with Crippen molar-refractivity contribution in [2.75, 3.05) is 13.2 Å². The topological polar surface area (TPSA) is 83.8 Å². The Bertz CT molecular complexity index is 503. The molecule has 0 bridgehead atoms. The average molecular weight is 298 g/mol. The number of carbonyl (C=O) groups is 2. The molecule has 1 rings (SSSR count). The van der Waals surface area contributed by atoms with E-state index in [2.05, 4.69) is 0 Å². The summed E-state index contributed by atoms with van der Waals surface area (Å²) in [7, 11) is 0. The molecular formula is C15H19FO5. The largest absolute Gasteiger partial charge is 0.480 e. The zero-order valence-corrected chi connectivity index (χ0v) is 11.8. The maximum absolute atomic E-state index is 14.0. The summed E-state index contributed by atoms with van der Waals surface area (Å²) in [6.07, 6.45) is 0.446. The fourth-order valence-corrected chi connectivity index (χ4v) is 2.22. The van der Waals surface area contributed by atoms with E-state index in [-0.39, 0.29) is 31.6 Å². The molecule has 2 N–H and O–H groups in total. The van der Waals surface area contributed by atoms with Gasteiger partial charge in [-0.05, 0) is 32.3 Å². The van der Waals surface area contributed by atoms with Crippen LogP contribution in [-0.2, 0) is 19.7 Å². The van der Waals surface area contributed by atoms with Gasteiger partial charge in [0, 0.05) is 12.2 Å². The number of halogens is 1. The second-order valence-corrected chi connectivity index (χ2v) is 4.59. The van der Waals surface area contributed by atoms with Crippen LogP contribution in [0.2, 0.25) is 0 Å². The Hall–Kier alpha value is -1.95. The van der Waals surface area contributed by atoms with Gasteiger partial charge < -0.3 is 14.9 Å². The Kier molecular flexibility index (Phi) is 6.30. The van der Waals surface area contributed by atoms with Gasteiger partial charge in [-0.1, -0.05) is 18.2 Å². The second-order valence-electron chi connectivity index (χ2n) is 4.59. The fourth-order valence-electron chi connectivity index (χ4n) is 2.22. The van der Waals surface area contributed by atoms with E-state index in [1.807, 2.05) is 0 Å². The van der Waals surface area contributed by atoms with Crippen LogP contribution < -0.4 is 0 Å². The highest BCUT2D eigenvalue weighted by atomic mass is 19.1. The molecule has 0 aliphatic carbocycles. The van der Waals surface area contributed by atoms with Crippen molar-refractivity contribution in [3.63, 3.8) is 0 Å². The molecule has 1 aromatic rings. The first kappa shape index (κ1) is 17.1. The third kappa shape index (κ3) is 3.58. The number of aliphatic hydroxyl groups is 1. The number of carbonyl (C=O) groups excluding carboxylic acids is 1. The Morgan fingerprint density at radius 1 is 1.29 bits per heavy atom. The molecule has 0 saturated heterocycles. The molecule has 0 spiro atoms. The van der Waals surface area contributed by atoms with Gasteiger partial charge in [0.25, 0.3) is 0 Å². The van der Waals surface area contributed by atoms with Gasteiger partial charge in [0.15, 0.2) is 5.41 Å². The Morgan fingerprint density at radius 3 is 2.48 bits per heavy atom. The standard InChI is InChI=1S/C15H19FO5/c1-2-21-14(20)15(13(18)19,9-5-6-10-17)11-7-3-4-8-12(11)16/h3-4,7-8,17H,2,5-6,9-10H2,1H3,(H,18,19). The summed E-state index contributed by atoms with van der Waals surface area (Å²) in [5.74, 6) is -3.21. The highest BCUT2D eigenvalue weighted by molar-refractivity contribution is 6.05. The second kappa shape index (κ2) is 7.73. The predicted octanol–water partition coefficient (Wildman–Crippen LogP) is 1.87. The van der Waals surface area contributed by atoms with E-state index in [1.165, 1.54) is 18.2 Å². The number of hydrogen-bond acceptors (Lipinski definition) is 4. The van der Waals surface area contributed by atoms with E-state index < -0.39 is 23.2 Å². The summed E-state index contributed by atoms with van der Waals surface area (Å²) in [5.41, 5.74) is -2.30. The minimum absolute atomic E-state index is 0.00230. The quantitative estimate of drug-likeness (QED) is 0.435. The van der Waals surface area contributed by atoms with Crippen LogP contribution in [0.4, 0.5) is 4.39 Å². The molecule has 0 fully saturated rings. The van der Waals surface area contributed by atoms with E-state index >= 15 is 0 Å². The number of rotatable bonds is 8. The minimum atomic E-state index is -2.09. The van der Waals surface area contributed by atoms with Gasteiger partial charge in [0.1, 0.15) is 5.82 Å². The van der Waals surface area contributed by atoms with Crippen LogP contribution in [0.15, 0.2) is 24.3 Å². The molecule has 1 atom stereocenters. The van der Waals surface area contributed by atoms with E-state index in [1.54, 1.807) is 6.92 Å². The van der Waals surface area contributed by atoms with Gasteiger partial charge in [-0.25, -0.2) is 4.39 Å². The number of carboxylic acids is 1. The van der Waals surface area contributed by atoms with Crippen LogP contribution in [0.1, 0.15) is 31.7 Å². The highest BCUT2D eigenvalue weighted by Gasteiger charge is 2.50. The molecule has 0 radical (unpaired) electrons. The predicted molar refractivity (Wildman–Crippen MR) is 73.3 cm³/mol. The maximum Gasteiger partial charge on any atom is 0.328 e. The van der Waals surface area contributed by atoms with Gasteiger partial charge >= 0.3 is 11.9 Å². The van der Waals surface area contributed by atoms with E-state index in [0.29, 0.717) is 6.42 Å². The first-order valence-corrected chi connectivity index (χ1v) is 6.77. The Balaban J connectivity index is 3.33. The lowest BCUT2D eigenvalue weighted by Crippen LogP contribution is -2.45. The lowest BCUT2D eigenvalue weighted by molar-refractivity contribution is -0.162. The summed E-state index contributed by atoms with van der Waals surface area (Å²) in [5, 5.41) is 18.4. The average Bonchev–Trinajstić information content (AvgIpc) is 2.44. The van der Waals surface area contributed by atoms with Crippen LogP contribution in [0.25, 0.3) is 0 Å². The molecule has 6 heteroatoms. The minimum Gasteiger partial charge on any atom is -0.480 e. The molecule has 21 heavy (non-hydrogen) atoms. The molecule has 0 aliphatic heterocycles. The molecule has 0 aromatic heterocycles. The number of ether oxygens (including phenoxy) is 1. The lowest BCUT2D eigenvalue weighted by atomic mass is 9.76. The smallest absolute Gasteiger partial charge is 0.328 e. The summed E-state index contributed by atoms with van der Waals surface area (Å²) in [6.45, 7) is 1.43. The fraction of sp³-hybridized carbons (Fsp3) is 0.467. The number of aliphatic hydroxyl groups excluding tert-OH is 1. The van der Waals surface area contributed by atoms with Crippen molar-refractivity contribution in [2.24, 2.45) is 0 Å². The van der Waals surface area contributed by atoms with Crippen LogP contribution in [-0.4, -0.2) is 35.4 Å². The number of benzene rings is 1. The van der Waals surface area contributed by atoms with Crippen molar-refractivity contribution in [3.8, 4) is 0 Å². The number of aliphatic carboxylic acids is 1. The number of esters is 1. The van der Waals surface area contributed by atoms with Crippen LogP contribution in [0.3, 0.4) is 0 Å². The van der Waals surface area contributed by atoms with Crippen molar-refractivity contribution >= 4 is 11.9 Å². The third-order valence-corrected chi connectivity index (χ3v) is 3.28. The Labute approximate surface area is 122 Å². The normalized spacial score (nSPS) is 13.5. The van der Waals surface area contributed by atoms with Gasteiger partial charge in [0.05, 0.1) is 6.61 Å². The van der Waals surface area contributed by atoms with E-state index in [0.717, 1.165) is 6.07 Å². The van der Waals surface area contributed by atoms with Crippen molar-refractivity contribution in [2.45, 2.75) is 31.6 Å². The van der Waals surface area contributed by atoms with Crippen LogP contribution >= 0.6 is 0 Å². The van der Waals surface area contributed by atoms with Crippen LogP contribution in [0, 0.1) is 5.82 Å². The summed E-state index contributed by atoms with van der Waals surface area (Å²) in [4.78, 5) is 24.0. The van der Waals surface area contributed by atoms with Crippen molar-refractivity contribution < 1.29 is 28.9 Å². The van der Waals surface area contributed by atoms with Crippen molar-refractivity contribution in [1.29, 1.82) is 0 Å². The highest BCUT2D eigenvalue weighted by Crippen LogP contribution is 2.34. The van der Waals surface area contributed by atoms with Gasteiger partial charge in [-0.2, -0.15) is 0 Å². The van der Waals surface area contributed by atoms with Gasteiger partial charge in [0.2, 0.25) is 0 Å². The molecule has 0 heterocycles. The molecule has 0 aliphatic rings. The van der Waals surface area contributed by atoms with E-state index in [4.69, 9.17) is 9.84 Å². The number of unbranched alkanes of at least 4 members (excludes halogenated alkanes) is 1. The molecule has 1 unspecified atom stereocenters. The zero-order chi connectivity index (χ0) is 15.9. The van der Waals surface area contributed by atoms with Crippen molar-refractivity contribution in [1.82, 2.24) is 0 Å². The molecule has 0 saturated carbocycles. The molecular weight excluding hydrogens is 279 g/mol. The first-order valence-electron chi connectivity index (χ1n) is 6.77. The maximum atomic E-state index is 14.0. The zero-order valence-electron chi connectivity index (χ0n) is 11.8. The summed E-state index contributed by atoms with van der Waals surface area (Å²) < 4.78 is 18.9. The monoisotopic (exact) mass is 298 g/mol. The summed E-state index contributed by atoms with van der Waals surface area (Å²) >= 11 is 0. The summed E-state index contributed by atoms with van der Waals surface area (Å²) in [6, 6.07) is 5.28. The number of carboxylic acid groups (broad SMARTS) is 1. The van der Waals surface area contributed by atoms with Gasteiger partial charge in [-0.15, -0.1) is 0 Å². The van der Waals surface area contributed by atoms with Gasteiger partial charge in [-0.3, -0.25) is 9.59 Å².